The molecule has 14 heavy (non-hydrogen) atoms. The Morgan fingerprint density at radius 2 is 2.29 bits per heavy atom. The third kappa shape index (κ3) is 1.57. The molecule has 3 heteroatoms. The van der Waals surface area contributed by atoms with Crippen molar-refractivity contribution >= 4 is 21.4 Å². The first-order chi connectivity index (χ1) is 6.81. The molecule has 1 aromatic carbocycles. The fraction of sp³-hybridized carbons (Fsp3) is 0.182. The van der Waals surface area contributed by atoms with Crippen molar-refractivity contribution in [3.63, 3.8) is 0 Å². The van der Waals surface area contributed by atoms with Gasteiger partial charge in [0.2, 0.25) is 0 Å². The minimum Gasteiger partial charge on any atom is -0.475 e. The van der Waals surface area contributed by atoms with Gasteiger partial charge in [0, 0.05) is 10.1 Å². The van der Waals surface area contributed by atoms with Crippen molar-refractivity contribution in [3.05, 3.63) is 29.6 Å². The summed E-state index contributed by atoms with van der Waals surface area (Å²) in [5.74, 6) is 0.790. The molecule has 0 saturated carbocycles. The molecule has 1 heterocycles. The van der Waals surface area contributed by atoms with Gasteiger partial charge in [-0.3, -0.25) is 0 Å². The highest BCUT2D eigenvalue weighted by molar-refractivity contribution is 7.17. The molecule has 0 bridgehead atoms. The summed E-state index contributed by atoms with van der Waals surface area (Å²) in [4.78, 5) is 0. The molecular formula is C11H9NOS. The van der Waals surface area contributed by atoms with E-state index in [9.17, 15) is 0 Å². The molecule has 1 atom stereocenters. The van der Waals surface area contributed by atoms with E-state index in [4.69, 9.17) is 10.00 Å². The average molecular weight is 203 g/mol. The Hall–Kier alpha value is -1.53. The SMILES string of the molecule is CC(C#N)Oc1cccc2sccc12. The topological polar surface area (TPSA) is 33.0 Å². The third-order valence-electron chi connectivity index (χ3n) is 1.94. The molecule has 0 aliphatic heterocycles. The largest absolute Gasteiger partial charge is 0.475 e. The number of nitrogens with zero attached hydrogens (tertiary/aromatic N) is 1. The first-order valence-corrected chi connectivity index (χ1v) is 5.21. The maximum Gasteiger partial charge on any atom is 0.181 e. The molecule has 0 saturated heterocycles. The van der Waals surface area contributed by atoms with Gasteiger partial charge >= 0.3 is 0 Å². The Morgan fingerprint density at radius 3 is 3.07 bits per heavy atom. The van der Waals surface area contributed by atoms with Crippen molar-refractivity contribution in [2.45, 2.75) is 13.0 Å². The van der Waals surface area contributed by atoms with Crippen molar-refractivity contribution < 1.29 is 4.74 Å². The van der Waals surface area contributed by atoms with Crippen LogP contribution in [0.25, 0.3) is 10.1 Å². The van der Waals surface area contributed by atoms with Gasteiger partial charge in [0.25, 0.3) is 0 Å². The second-order valence-corrected chi connectivity index (χ2v) is 3.93. The van der Waals surface area contributed by atoms with Crippen LogP contribution in [0.5, 0.6) is 5.75 Å². The number of hydrogen-bond acceptors (Lipinski definition) is 3. The van der Waals surface area contributed by atoms with Crippen LogP contribution in [0.15, 0.2) is 29.6 Å². The Balaban J connectivity index is 2.42. The lowest BCUT2D eigenvalue weighted by molar-refractivity contribution is 0.280. The van der Waals surface area contributed by atoms with Gasteiger partial charge in [0.05, 0.1) is 0 Å². The molecule has 0 aliphatic carbocycles. The molecular weight excluding hydrogens is 194 g/mol. The lowest BCUT2D eigenvalue weighted by Gasteiger charge is -2.08. The quantitative estimate of drug-likeness (QED) is 0.751. The van der Waals surface area contributed by atoms with Crippen LogP contribution < -0.4 is 4.74 Å². The van der Waals surface area contributed by atoms with Crippen molar-refractivity contribution in [2.75, 3.05) is 0 Å². The molecule has 0 fully saturated rings. The monoisotopic (exact) mass is 203 g/mol. The number of fused-ring (bicyclic) bond motifs is 1. The van der Waals surface area contributed by atoms with Gasteiger partial charge < -0.3 is 4.74 Å². The standard InChI is InChI=1S/C11H9NOS/c1-8(7-12)13-10-3-2-4-11-9(10)5-6-14-11/h2-6,8H,1H3. The second kappa shape index (κ2) is 3.69. The van der Waals surface area contributed by atoms with Crippen LogP contribution in [0.1, 0.15) is 6.92 Å². The maximum atomic E-state index is 8.65. The summed E-state index contributed by atoms with van der Waals surface area (Å²) in [5.41, 5.74) is 0. The molecule has 70 valence electrons. The first-order valence-electron chi connectivity index (χ1n) is 4.34. The second-order valence-electron chi connectivity index (χ2n) is 2.98. The third-order valence-corrected chi connectivity index (χ3v) is 2.82. The molecule has 2 rings (SSSR count). The van der Waals surface area contributed by atoms with E-state index in [-0.39, 0.29) is 0 Å². The van der Waals surface area contributed by atoms with Crippen LogP contribution in [0.3, 0.4) is 0 Å². The minimum absolute atomic E-state index is 0.402. The van der Waals surface area contributed by atoms with Crippen molar-refractivity contribution in [2.24, 2.45) is 0 Å². The highest BCUT2D eigenvalue weighted by Gasteiger charge is 2.06. The zero-order valence-corrected chi connectivity index (χ0v) is 8.54. The normalized spacial score (nSPS) is 12.3. The van der Waals surface area contributed by atoms with Crippen LogP contribution in [0.4, 0.5) is 0 Å². The van der Waals surface area contributed by atoms with Gasteiger partial charge in [0.1, 0.15) is 11.8 Å². The average Bonchev–Trinajstić information content (AvgIpc) is 2.66. The lowest BCUT2D eigenvalue weighted by Crippen LogP contribution is -2.07. The van der Waals surface area contributed by atoms with Crippen LogP contribution in [0.2, 0.25) is 0 Å². The van der Waals surface area contributed by atoms with E-state index < -0.39 is 6.10 Å². The number of ether oxygens (including phenoxy) is 1. The minimum atomic E-state index is -0.402. The van der Waals surface area contributed by atoms with Gasteiger partial charge in [-0.1, -0.05) is 6.07 Å². The summed E-state index contributed by atoms with van der Waals surface area (Å²) in [7, 11) is 0. The van der Waals surface area contributed by atoms with E-state index in [1.165, 1.54) is 4.70 Å². The summed E-state index contributed by atoms with van der Waals surface area (Å²) in [6.45, 7) is 1.74. The zero-order chi connectivity index (χ0) is 9.97. The van der Waals surface area contributed by atoms with Crippen molar-refractivity contribution in [3.8, 4) is 11.8 Å². The van der Waals surface area contributed by atoms with Gasteiger partial charge in [0.15, 0.2) is 6.10 Å². The van der Waals surface area contributed by atoms with Gasteiger partial charge in [-0.25, -0.2) is 0 Å². The molecule has 0 radical (unpaired) electrons. The summed E-state index contributed by atoms with van der Waals surface area (Å²) in [6.07, 6.45) is -0.402. The smallest absolute Gasteiger partial charge is 0.181 e. The first kappa shape index (κ1) is 9.04. The molecule has 0 aliphatic rings. The molecule has 1 aromatic heterocycles. The van der Waals surface area contributed by atoms with E-state index in [1.54, 1.807) is 18.3 Å². The Labute approximate surface area is 86.4 Å². The summed E-state index contributed by atoms with van der Waals surface area (Å²) in [5, 5.41) is 11.8. The fourth-order valence-electron chi connectivity index (χ4n) is 1.29. The summed E-state index contributed by atoms with van der Waals surface area (Å²) < 4.78 is 6.67. The Morgan fingerprint density at radius 1 is 1.43 bits per heavy atom. The van der Waals surface area contributed by atoms with E-state index in [0.717, 1.165) is 11.1 Å². The zero-order valence-electron chi connectivity index (χ0n) is 7.73. The number of hydrogen-bond donors (Lipinski definition) is 0. The van der Waals surface area contributed by atoms with Gasteiger partial charge in [-0.05, 0) is 30.5 Å². The van der Waals surface area contributed by atoms with Crippen LogP contribution >= 0.6 is 11.3 Å². The maximum absolute atomic E-state index is 8.65. The van der Waals surface area contributed by atoms with E-state index >= 15 is 0 Å². The fourth-order valence-corrected chi connectivity index (χ4v) is 2.09. The lowest BCUT2D eigenvalue weighted by atomic mass is 10.2. The van der Waals surface area contributed by atoms with E-state index in [2.05, 4.69) is 6.07 Å². The molecule has 0 amide bonds. The van der Waals surface area contributed by atoms with Gasteiger partial charge in [-0.2, -0.15) is 5.26 Å². The van der Waals surface area contributed by atoms with E-state index in [0.29, 0.717) is 0 Å². The Kier molecular flexibility index (Phi) is 2.38. The molecule has 2 nitrogen and oxygen atoms in total. The van der Waals surface area contributed by atoms with Crippen LogP contribution in [-0.2, 0) is 0 Å². The predicted octanol–water partition coefficient (Wildman–Crippen LogP) is 3.19. The van der Waals surface area contributed by atoms with Crippen LogP contribution in [-0.4, -0.2) is 6.10 Å². The number of nitriles is 1. The number of benzene rings is 1. The Bertz CT molecular complexity index is 483. The summed E-state index contributed by atoms with van der Waals surface area (Å²) in [6, 6.07) is 9.94. The predicted molar refractivity (Wildman–Crippen MR) is 57.5 cm³/mol. The van der Waals surface area contributed by atoms with E-state index in [1.807, 2.05) is 29.6 Å². The van der Waals surface area contributed by atoms with Gasteiger partial charge in [-0.15, -0.1) is 11.3 Å². The molecule has 0 spiro atoms. The molecule has 2 aromatic rings. The van der Waals surface area contributed by atoms with Crippen molar-refractivity contribution in [1.29, 1.82) is 5.26 Å². The number of thiophene rings is 1. The molecule has 1 unspecified atom stereocenters. The summed E-state index contributed by atoms with van der Waals surface area (Å²) >= 11 is 1.67. The van der Waals surface area contributed by atoms with Crippen molar-refractivity contribution in [1.82, 2.24) is 0 Å². The molecule has 0 N–H and O–H groups in total. The highest BCUT2D eigenvalue weighted by Crippen LogP contribution is 2.29. The highest BCUT2D eigenvalue weighted by atomic mass is 32.1. The number of rotatable bonds is 2. The van der Waals surface area contributed by atoms with Crippen LogP contribution in [0, 0.1) is 11.3 Å².